The van der Waals surface area contributed by atoms with E-state index in [2.05, 4.69) is 25.5 Å². The van der Waals surface area contributed by atoms with E-state index in [9.17, 15) is 9.59 Å². The van der Waals surface area contributed by atoms with E-state index < -0.39 is 17.9 Å². The number of methoxy groups -OCH3 is 1. The molecule has 2 aromatic rings. The number of hydrogen-bond acceptors (Lipinski definition) is 11. The average Bonchev–Trinajstić information content (AvgIpc) is 2.98. The zero-order valence-corrected chi connectivity index (χ0v) is 24.7. The van der Waals surface area contributed by atoms with Crippen LogP contribution in [-0.2, 0) is 28.5 Å². The topological polar surface area (TPSA) is 124 Å². The molecule has 1 saturated heterocycles. The molecule has 0 aliphatic carbocycles. The monoisotopic (exact) mass is 605 g/mol. The van der Waals surface area contributed by atoms with Crippen molar-refractivity contribution in [2.45, 2.75) is 19.8 Å². The summed E-state index contributed by atoms with van der Waals surface area (Å²) in [5.41, 5.74) is 1.85. The first kappa shape index (κ1) is 30.6. The van der Waals surface area contributed by atoms with E-state index in [1.54, 1.807) is 32.0 Å². The molecular weight excluding hydrogens is 573 g/mol. The fraction of sp³-hybridized carbons (Fsp3) is 0.429. The highest BCUT2D eigenvalue weighted by atomic mass is 35.5. The van der Waals surface area contributed by atoms with Crippen LogP contribution in [0.4, 0.5) is 11.6 Å². The molecular formula is C28H33Cl2N5O6. The second kappa shape index (κ2) is 14.5. The van der Waals surface area contributed by atoms with E-state index in [-0.39, 0.29) is 34.4 Å². The minimum atomic E-state index is -0.884. The summed E-state index contributed by atoms with van der Waals surface area (Å²) in [5, 5.41) is 6.91. The van der Waals surface area contributed by atoms with E-state index in [0.29, 0.717) is 49.1 Å². The van der Waals surface area contributed by atoms with Crippen LogP contribution in [0.25, 0.3) is 0 Å². The van der Waals surface area contributed by atoms with Crippen molar-refractivity contribution in [2.75, 3.05) is 70.0 Å². The zero-order valence-electron chi connectivity index (χ0n) is 23.2. The van der Waals surface area contributed by atoms with Gasteiger partial charge in [0.1, 0.15) is 18.0 Å². The average molecular weight is 607 g/mol. The van der Waals surface area contributed by atoms with Crippen molar-refractivity contribution in [3.05, 3.63) is 68.7 Å². The first-order valence-electron chi connectivity index (χ1n) is 13.2. The second-order valence-corrected chi connectivity index (χ2v) is 9.97. The summed E-state index contributed by atoms with van der Waals surface area (Å²) in [7, 11) is 1.28. The molecule has 1 aromatic carbocycles. The van der Waals surface area contributed by atoms with Gasteiger partial charge in [0.15, 0.2) is 0 Å². The van der Waals surface area contributed by atoms with E-state index in [1.165, 1.54) is 13.4 Å². The third kappa shape index (κ3) is 7.28. The molecule has 0 bridgehead atoms. The summed E-state index contributed by atoms with van der Waals surface area (Å²) in [6.07, 6.45) is 1.52. The molecule has 2 aliphatic rings. The minimum Gasteiger partial charge on any atom is -0.466 e. The summed E-state index contributed by atoms with van der Waals surface area (Å²) < 4.78 is 21.8. The number of hydrogen-bond donors (Lipinski definition) is 2. The molecule has 1 atom stereocenters. The number of allylic oxidation sites excluding steroid dienone is 1. The molecule has 1 aromatic heterocycles. The van der Waals surface area contributed by atoms with Gasteiger partial charge < -0.3 is 34.5 Å². The third-order valence-corrected chi connectivity index (χ3v) is 7.46. The summed E-state index contributed by atoms with van der Waals surface area (Å²) in [6, 6.07) is 6.94. The van der Waals surface area contributed by atoms with Gasteiger partial charge in [-0.15, -0.1) is 0 Å². The summed E-state index contributed by atoms with van der Waals surface area (Å²) in [4.78, 5) is 37.0. The molecule has 0 amide bonds. The van der Waals surface area contributed by atoms with Crippen molar-refractivity contribution in [2.24, 2.45) is 0 Å². The number of benzene rings is 1. The van der Waals surface area contributed by atoms with Gasteiger partial charge in [0.05, 0.1) is 73.0 Å². The molecule has 2 N–H and O–H groups in total. The van der Waals surface area contributed by atoms with Gasteiger partial charge in [0.2, 0.25) is 0 Å². The number of dihydropyridines is 1. The van der Waals surface area contributed by atoms with Crippen molar-refractivity contribution in [3.8, 4) is 0 Å². The predicted octanol–water partition coefficient (Wildman–Crippen LogP) is 3.70. The molecule has 0 spiro atoms. The van der Waals surface area contributed by atoms with Crippen LogP contribution in [-0.4, -0.2) is 81.7 Å². The number of rotatable bonds is 11. The smallest absolute Gasteiger partial charge is 0.336 e. The lowest BCUT2D eigenvalue weighted by Crippen LogP contribution is -2.36. The number of esters is 2. The number of carbonyl (C=O) groups is 2. The number of carbonyl (C=O) groups excluding carboxylic acids is 2. The molecule has 0 saturated carbocycles. The first-order valence-corrected chi connectivity index (χ1v) is 14.0. The van der Waals surface area contributed by atoms with Crippen molar-refractivity contribution in [3.63, 3.8) is 0 Å². The van der Waals surface area contributed by atoms with Crippen LogP contribution >= 0.6 is 23.2 Å². The Morgan fingerprint density at radius 1 is 1.17 bits per heavy atom. The van der Waals surface area contributed by atoms with Crippen LogP contribution < -0.4 is 15.5 Å². The number of nitrogens with zero attached hydrogens (tertiary/aromatic N) is 3. The summed E-state index contributed by atoms with van der Waals surface area (Å²) in [6.45, 7) is 7.24. The highest BCUT2D eigenvalue weighted by Gasteiger charge is 2.40. The maximum Gasteiger partial charge on any atom is 0.336 e. The number of anilines is 2. The molecule has 0 radical (unpaired) electrons. The Morgan fingerprint density at radius 3 is 2.68 bits per heavy atom. The van der Waals surface area contributed by atoms with Crippen molar-refractivity contribution in [1.29, 1.82) is 0 Å². The number of aromatic nitrogens is 2. The maximum absolute atomic E-state index is 13.3. The van der Waals surface area contributed by atoms with E-state index >= 15 is 0 Å². The molecule has 220 valence electrons. The molecule has 4 rings (SSSR count). The standard InChI is InChI=1S/C28H33Cl2N5O6/c1-4-41-28(37)25-20(15-40-11-8-31-21-14-22(33-16-32-21)35-9-12-39-13-10-35)34-17(2)23(27(36)38-3)24(25)18-6-5-7-19(29)26(18)30/h5-7,14,16,24,34H,4,8-13,15H2,1-3H3,(H,31,32,33). The largest absolute Gasteiger partial charge is 0.466 e. The molecule has 11 nitrogen and oxygen atoms in total. The van der Waals surface area contributed by atoms with Gasteiger partial charge in [-0.1, -0.05) is 35.3 Å². The summed E-state index contributed by atoms with van der Waals surface area (Å²) >= 11 is 12.9. The quantitative estimate of drug-likeness (QED) is 0.288. The fourth-order valence-corrected chi connectivity index (χ4v) is 5.15. The van der Waals surface area contributed by atoms with Gasteiger partial charge in [0, 0.05) is 31.4 Å². The van der Waals surface area contributed by atoms with Crippen molar-refractivity contribution in [1.82, 2.24) is 15.3 Å². The minimum absolute atomic E-state index is 0.0408. The molecule has 3 heterocycles. The maximum atomic E-state index is 13.3. The Morgan fingerprint density at radius 2 is 1.95 bits per heavy atom. The molecule has 41 heavy (non-hydrogen) atoms. The zero-order chi connectivity index (χ0) is 29.4. The third-order valence-electron chi connectivity index (χ3n) is 6.62. The van der Waals surface area contributed by atoms with Gasteiger partial charge in [0.25, 0.3) is 0 Å². The van der Waals surface area contributed by atoms with Crippen LogP contribution in [0.1, 0.15) is 25.3 Å². The van der Waals surface area contributed by atoms with Gasteiger partial charge in [-0.05, 0) is 25.5 Å². The molecule has 2 aliphatic heterocycles. The van der Waals surface area contributed by atoms with Gasteiger partial charge in [-0.3, -0.25) is 0 Å². The lowest BCUT2D eigenvalue weighted by Gasteiger charge is -2.32. The van der Waals surface area contributed by atoms with Crippen molar-refractivity contribution < 1.29 is 28.5 Å². The normalized spacial score (nSPS) is 17.3. The first-order chi connectivity index (χ1) is 19.8. The Hall–Kier alpha value is -3.38. The molecule has 13 heteroatoms. The van der Waals surface area contributed by atoms with Crippen LogP contribution in [0.3, 0.4) is 0 Å². The van der Waals surface area contributed by atoms with Gasteiger partial charge in [-0.2, -0.15) is 0 Å². The van der Waals surface area contributed by atoms with E-state index in [4.69, 9.17) is 42.1 Å². The van der Waals surface area contributed by atoms with E-state index in [0.717, 1.165) is 18.9 Å². The Labute approximate surface area is 248 Å². The molecule has 1 fully saturated rings. The van der Waals surface area contributed by atoms with Crippen LogP contribution in [0.15, 0.2) is 53.1 Å². The van der Waals surface area contributed by atoms with Gasteiger partial charge >= 0.3 is 11.9 Å². The van der Waals surface area contributed by atoms with Crippen LogP contribution in [0.5, 0.6) is 0 Å². The highest BCUT2D eigenvalue weighted by molar-refractivity contribution is 6.42. The van der Waals surface area contributed by atoms with Crippen molar-refractivity contribution >= 4 is 46.8 Å². The number of morpholine rings is 1. The van der Waals surface area contributed by atoms with Crippen LogP contribution in [0.2, 0.25) is 10.0 Å². The van der Waals surface area contributed by atoms with Crippen LogP contribution in [0, 0.1) is 0 Å². The second-order valence-electron chi connectivity index (χ2n) is 9.18. The number of ether oxygens (including phenoxy) is 4. The lowest BCUT2D eigenvalue weighted by molar-refractivity contribution is -0.139. The molecule has 1 unspecified atom stereocenters. The SMILES string of the molecule is CCOC(=O)C1=C(COCCNc2cc(N3CCOCC3)ncn2)NC(C)=C(C(=O)OC)C1c1cccc(Cl)c1Cl. The lowest BCUT2D eigenvalue weighted by atomic mass is 9.80. The Balaban J connectivity index is 1.52. The predicted molar refractivity (Wildman–Crippen MR) is 155 cm³/mol. The number of halogens is 2. The Kier molecular flexibility index (Phi) is 10.8. The summed E-state index contributed by atoms with van der Waals surface area (Å²) in [5.74, 6) is -0.599. The fourth-order valence-electron chi connectivity index (χ4n) is 4.73. The van der Waals surface area contributed by atoms with E-state index in [1.807, 2.05) is 6.07 Å². The Bertz CT molecular complexity index is 1330. The van der Waals surface area contributed by atoms with Gasteiger partial charge in [-0.25, -0.2) is 19.6 Å². The highest BCUT2D eigenvalue weighted by Crippen LogP contribution is 2.43. The number of nitrogens with one attached hydrogen (secondary N) is 2.